The molecule has 4 heteroatoms. The molecule has 3 aromatic rings. The van der Waals surface area contributed by atoms with Crippen molar-refractivity contribution in [3.05, 3.63) is 66.4 Å². The highest BCUT2D eigenvalue weighted by atomic mass is 19.1. The van der Waals surface area contributed by atoms with E-state index in [1.54, 1.807) is 18.3 Å². The molecule has 2 heterocycles. The van der Waals surface area contributed by atoms with Crippen LogP contribution < -0.4 is 5.73 Å². The number of nitrogens with zero attached hydrogens (tertiary/aromatic N) is 1. The van der Waals surface area contributed by atoms with Crippen LogP contribution in [0.15, 0.2) is 55.0 Å². The number of aromatic amines is 1. The second-order valence-electron chi connectivity index (χ2n) is 5.20. The van der Waals surface area contributed by atoms with Crippen LogP contribution in [0.4, 0.5) is 4.39 Å². The lowest BCUT2D eigenvalue weighted by Crippen LogP contribution is -2.00. The van der Waals surface area contributed by atoms with Crippen LogP contribution in [0.2, 0.25) is 0 Å². The summed E-state index contributed by atoms with van der Waals surface area (Å²) in [5.74, 6) is -0.235. The summed E-state index contributed by atoms with van der Waals surface area (Å²) in [5, 5.41) is 0. The van der Waals surface area contributed by atoms with Crippen molar-refractivity contribution in [1.29, 1.82) is 0 Å². The lowest BCUT2D eigenvalue weighted by molar-refractivity contribution is 0.628. The fourth-order valence-corrected chi connectivity index (χ4v) is 2.64. The van der Waals surface area contributed by atoms with E-state index in [4.69, 9.17) is 5.73 Å². The van der Waals surface area contributed by atoms with Crippen molar-refractivity contribution >= 4 is 0 Å². The number of rotatable bonds is 5. The number of benzene rings is 1. The first-order chi connectivity index (χ1) is 10.8. The van der Waals surface area contributed by atoms with E-state index in [0.29, 0.717) is 6.54 Å². The van der Waals surface area contributed by atoms with E-state index in [1.165, 1.54) is 17.7 Å². The summed E-state index contributed by atoms with van der Waals surface area (Å²) in [4.78, 5) is 7.54. The molecule has 2 aromatic heterocycles. The van der Waals surface area contributed by atoms with Crippen LogP contribution >= 0.6 is 0 Å². The van der Waals surface area contributed by atoms with Crippen LogP contribution in [0.25, 0.3) is 22.4 Å². The number of hydrogen-bond donors (Lipinski definition) is 2. The maximum absolute atomic E-state index is 13.2. The quantitative estimate of drug-likeness (QED) is 0.752. The maximum Gasteiger partial charge on any atom is 0.123 e. The summed E-state index contributed by atoms with van der Waals surface area (Å²) in [6.45, 7) is 0.656. The molecule has 0 saturated carbocycles. The predicted molar refractivity (Wildman–Crippen MR) is 86.8 cm³/mol. The van der Waals surface area contributed by atoms with Gasteiger partial charge in [0, 0.05) is 29.7 Å². The molecule has 0 aliphatic heterocycles. The van der Waals surface area contributed by atoms with Gasteiger partial charge in [0.1, 0.15) is 5.82 Å². The topological polar surface area (TPSA) is 54.7 Å². The normalized spacial score (nSPS) is 10.8. The average molecular weight is 295 g/mol. The van der Waals surface area contributed by atoms with Crippen LogP contribution in [0.3, 0.4) is 0 Å². The van der Waals surface area contributed by atoms with Crippen LogP contribution in [0.1, 0.15) is 12.0 Å². The van der Waals surface area contributed by atoms with Gasteiger partial charge < -0.3 is 10.7 Å². The monoisotopic (exact) mass is 295 g/mol. The van der Waals surface area contributed by atoms with E-state index < -0.39 is 0 Å². The molecule has 112 valence electrons. The van der Waals surface area contributed by atoms with Gasteiger partial charge in [-0.2, -0.15) is 0 Å². The molecule has 0 radical (unpaired) electrons. The molecule has 1 aromatic carbocycles. The highest BCUT2D eigenvalue weighted by Crippen LogP contribution is 2.34. The van der Waals surface area contributed by atoms with Gasteiger partial charge in [-0.15, -0.1) is 0 Å². The van der Waals surface area contributed by atoms with E-state index >= 15 is 0 Å². The lowest BCUT2D eigenvalue weighted by Gasteiger charge is -2.08. The standard InChI is InChI=1S/C18H18FN3/c19-16-7-5-13(6-8-16)18-17(14-4-2-10-21-11-14)15(12-22-18)3-1-9-20/h2,4-8,10-12,22H,1,3,9,20H2. The zero-order valence-electron chi connectivity index (χ0n) is 12.2. The Morgan fingerprint density at radius 3 is 2.59 bits per heavy atom. The van der Waals surface area contributed by atoms with Gasteiger partial charge in [-0.05, 0) is 60.8 Å². The second kappa shape index (κ2) is 6.54. The Labute approximate surface area is 129 Å². The van der Waals surface area contributed by atoms with E-state index in [1.807, 2.05) is 24.5 Å². The van der Waals surface area contributed by atoms with Crippen molar-refractivity contribution in [2.75, 3.05) is 6.54 Å². The molecule has 0 aliphatic rings. The molecule has 0 aliphatic carbocycles. The van der Waals surface area contributed by atoms with E-state index in [-0.39, 0.29) is 5.82 Å². The van der Waals surface area contributed by atoms with Gasteiger partial charge in [0.2, 0.25) is 0 Å². The van der Waals surface area contributed by atoms with Crippen molar-refractivity contribution < 1.29 is 4.39 Å². The molecular formula is C18H18FN3. The van der Waals surface area contributed by atoms with Gasteiger partial charge in [0.05, 0.1) is 5.69 Å². The molecule has 3 nitrogen and oxygen atoms in total. The van der Waals surface area contributed by atoms with Crippen LogP contribution in [0, 0.1) is 5.82 Å². The molecule has 3 rings (SSSR count). The fraction of sp³-hybridized carbons (Fsp3) is 0.167. The van der Waals surface area contributed by atoms with Crippen molar-refractivity contribution in [2.45, 2.75) is 12.8 Å². The van der Waals surface area contributed by atoms with Crippen molar-refractivity contribution in [3.8, 4) is 22.4 Å². The third kappa shape index (κ3) is 2.92. The number of halogens is 1. The van der Waals surface area contributed by atoms with Gasteiger partial charge >= 0.3 is 0 Å². The zero-order chi connectivity index (χ0) is 15.4. The van der Waals surface area contributed by atoms with Gasteiger partial charge in [-0.25, -0.2) is 4.39 Å². The number of nitrogens with two attached hydrogens (primary N) is 1. The number of aryl methyl sites for hydroxylation is 1. The Kier molecular flexibility index (Phi) is 4.30. The minimum absolute atomic E-state index is 0.235. The minimum Gasteiger partial charge on any atom is -0.360 e. The van der Waals surface area contributed by atoms with Crippen LogP contribution in [0.5, 0.6) is 0 Å². The number of nitrogens with one attached hydrogen (secondary N) is 1. The summed E-state index contributed by atoms with van der Waals surface area (Å²) in [6, 6.07) is 10.5. The van der Waals surface area contributed by atoms with E-state index in [9.17, 15) is 4.39 Å². The van der Waals surface area contributed by atoms with Crippen LogP contribution in [-0.2, 0) is 6.42 Å². The molecule has 0 fully saturated rings. The number of H-pyrrole nitrogens is 1. The third-order valence-corrected chi connectivity index (χ3v) is 3.70. The number of aromatic nitrogens is 2. The Hall–Kier alpha value is -2.46. The molecule has 0 atom stereocenters. The molecular weight excluding hydrogens is 277 g/mol. The SMILES string of the molecule is NCCCc1c[nH]c(-c2ccc(F)cc2)c1-c1cccnc1. The van der Waals surface area contributed by atoms with Crippen molar-refractivity contribution in [3.63, 3.8) is 0 Å². The van der Waals surface area contributed by atoms with Crippen LogP contribution in [-0.4, -0.2) is 16.5 Å². The van der Waals surface area contributed by atoms with Crippen molar-refractivity contribution in [1.82, 2.24) is 9.97 Å². The van der Waals surface area contributed by atoms with E-state index in [0.717, 1.165) is 35.2 Å². The van der Waals surface area contributed by atoms with Gasteiger partial charge in [0.25, 0.3) is 0 Å². The lowest BCUT2D eigenvalue weighted by atomic mass is 9.97. The Balaban J connectivity index is 2.10. The number of hydrogen-bond acceptors (Lipinski definition) is 2. The third-order valence-electron chi connectivity index (χ3n) is 3.70. The number of pyridine rings is 1. The maximum atomic E-state index is 13.2. The molecule has 22 heavy (non-hydrogen) atoms. The molecule has 3 N–H and O–H groups in total. The highest BCUT2D eigenvalue weighted by Gasteiger charge is 2.14. The predicted octanol–water partition coefficient (Wildman–Crippen LogP) is 3.77. The first-order valence-corrected chi connectivity index (χ1v) is 7.36. The molecule has 0 spiro atoms. The minimum atomic E-state index is -0.235. The summed E-state index contributed by atoms with van der Waals surface area (Å²) >= 11 is 0. The smallest absolute Gasteiger partial charge is 0.123 e. The van der Waals surface area contributed by atoms with Gasteiger partial charge in [-0.1, -0.05) is 6.07 Å². The average Bonchev–Trinajstić information content (AvgIpc) is 2.98. The second-order valence-corrected chi connectivity index (χ2v) is 5.20. The Morgan fingerprint density at radius 1 is 1.09 bits per heavy atom. The summed E-state index contributed by atoms with van der Waals surface area (Å²) in [5.41, 5.74) is 11.0. The fourth-order valence-electron chi connectivity index (χ4n) is 2.64. The van der Waals surface area contributed by atoms with E-state index in [2.05, 4.69) is 9.97 Å². The summed E-state index contributed by atoms with van der Waals surface area (Å²) in [7, 11) is 0. The molecule has 0 amide bonds. The Bertz CT molecular complexity index is 733. The molecule has 0 unspecified atom stereocenters. The largest absolute Gasteiger partial charge is 0.360 e. The summed E-state index contributed by atoms with van der Waals surface area (Å²) in [6.07, 6.45) is 7.44. The highest BCUT2D eigenvalue weighted by molar-refractivity contribution is 5.83. The van der Waals surface area contributed by atoms with Crippen molar-refractivity contribution in [2.24, 2.45) is 5.73 Å². The summed E-state index contributed by atoms with van der Waals surface area (Å²) < 4.78 is 13.2. The first-order valence-electron chi connectivity index (χ1n) is 7.36. The molecule has 0 saturated heterocycles. The van der Waals surface area contributed by atoms with Gasteiger partial charge in [0.15, 0.2) is 0 Å². The Morgan fingerprint density at radius 2 is 1.91 bits per heavy atom. The first kappa shape index (κ1) is 14.5. The zero-order valence-corrected chi connectivity index (χ0v) is 12.2. The molecule has 0 bridgehead atoms. The van der Waals surface area contributed by atoms with Gasteiger partial charge in [-0.3, -0.25) is 4.98 Å².